The minimum atomic E-state index is -3.65. The monoisotopic (exact) mass is 222 g/mol. The Labute approximate surface area is 87.4 Å². The number of halogens is 2. The van der Waals surface area contributed by atoms with Crippen LogP contribution in [0.4, 0.5) is 8.78 Å². The number of aliphatic hydroxyl groups is 1. The van der Waals surface area contributed by atoms with Crippen LogP contribution in [0.2, 0.25) is 0 Å². The van der Waals surface area contributed by atoms with E-state index in [1.165, 1.54) is 0 Å². The van der Waals surface area contributed by atoms with Crippen molar-refractivity contribution in [2.24, 2.45) is 0 Å². The third kappa shape index (κ3) is 2.34. The average Bonchev–Trinajstić information content (AvgIpc) is 2.19. The first kappa shape index (κ1) is 12.5. The molecule has 0 amide bonds. The van der Waals surface area contributed by atoms with Crippen LogP contribution in [-0.4, -0.2) is 35.6 Å². The normalized spacial score (nSPS) is 21.3. The van der Waals surface area contributed by atoms with Crippen molar-refractivity contribution < 1.29 is 23.4 Å². The van der Waals surface area contributed by atoms with Gasteiger partial charge in [0, 0.05) is 32.5 Å². The highest BCUT2D eigenvalue weighted by atomic mass is 19.3. The smallest absolute Gasteiger partial charge is 0.333 e. The maximum absolute atomic E-state index is 13.6. The van der Waals surface area contributed by atoms with Crippen molar-refractivity contribution in [1.29, 1.82) is 0 Å². The van der Waals surface area contributed by atoms with Crippen LogP contribution in [0.1, 0.15) is 32.6 Å². The Morgan fingerprint density at radius 1 is 1.47 bits per heavy atom. The standard InChI is InChI=1S/C10H16F2O3/c1-2-3-8(13)10(11,12)9(14)4-6-15-7-5-9/h14H,2-7H2,1H3. The lowest BCUT2D eigenvalue weighted by atomic mass is 9.84. The van der Waals surface area contributed by atoms with Gasteiger partial charge in [-0.2, -0.15) is 8.78 Å². The highest BCUT2D eigenvalue weighted by Gasteiger charge is 2.57. The van der Waals surface area contributed by atoms with Crippen LogP contribution in [0.3, 0.4) is 0 Å². The van der Waals surface area contributed by atoms with E-state index >= 15 is 0 Å². The first-order valence-corrected chi connectivity index (χ1v) is 5.15. The van der Waals surface area contributed by atoms with Crippen LogP contribution in [0.5, 0.6) is 0 Å². The van der Waals surface area contributed by atoms with Crippen molar-refractivity contribution in [3.8, 4) is 0 Å². The zero-order valence-electron chi connectivity index (χ0n) is 8.76. The van der Waals surface area contributed by atoms with Gasteiger partial charge < -0.3 is 9.84 Å². The Morgan fingerprint density at radius 2 is 2.00 bits per heavy atom. The zero-order chi connectivity index (χ0) is 11.5. The summed E-state index contributed by atoms with van der Waals surface area (Å²) in [5, 5.41) is 9.75. The fourth-order valence-electron chi connectivity index (χ4n) is 1.67. The minimum absolute atomic E-state index is 0.0749. The molecule has 15 heavy (non-hydrogen) atoms. The fraction of sp³-hybridized carbons (Fsp3) is 0.900. The second kappa shape index (κ2) is 4.53. The van der Waals surface area contributed by atoms with Crippen LogP contribution < -0.4 is 0 Å². The van der Waals surface area contributed by atoms with Crippen molar-refractivity contribution in [2.75, 3.05) is 13.2 Å². The summed E-state index contributed by atoms with van der Waals surface area (Å²) in [5.41, 5.74) is -2.21. The molecule has 1 aliphatic rings. The molecule has 1 saturated heterocycles. The predicted octanol–water partition coefficient (Wildman–Crippen LogP) is 1.53. The SMILES string of the molecule is CCCC(=O)C(F)(F)C1(O)CCOCC1. The van der Waals surface area contributed by atoms with Gasteiger partial charge in [-0.1, -0.05) is 6.92 Å². The third-order valence-electron chi connectivity index (χ3n) is 2.73. The summed E-state index contributed by atoms with van der Waals surface area (Å²) in [6.45, 7) is 1.80. The second-order valence-corrected chi connectivity index (χ2v) is 3.89. The quantitative estimate of drug-likeness (QED) is 0.784. The summed E-state index contributed by atoms with van der Waals surface area (Å²) < 4.78 is 32.1. The molecule has 0 bridgehead atoms. The van der Waals surface area contributed by atoms with Gasteiger partial charge in [-0.05, 0) is 6.42 Å². The maximum atomic E-state index is 13.6. The molecule has 0 unspecified atom stereocenters. The molecule has 0 aromatic carbocycles. The van der Waals surface area contributed by atoms with E-state index in [4.69, 9.17) is 4.74 Å². The first-order valence-electron chi connectivity index (χ1n) is 5.15. The molecule has 1 aliphatic heterocycles. The lowest BCUT2D eigenvalue weighted by molar-refractivity contribution is -0.211. The molecular formula is C10H16F2O3. The Morgan fingerprint density at radius 3 is 2.47 bits per heavy atom. The molecule has 0 radical (unpaired) electrons. The summed E-state index contributed by atoms with van der Waals surface area (Å²) >= 11 is 0. The van der Waals surface area contributed by atoms with E-state index in [-0.39, 0.29) is 32.5 Å². The number of carbonyl (C=O) groups is 1. The van der Waals surface area contributed by atoms with E-state index in [1.807, 2.05) is 0 Å². The molecule has 88 valence electrons. The van der Waals surface area contributed by atoms with E-state index in [2.05, 4.69) is 0 Å². The Balaban J connectivity index is 2.77. The Bertz CT molecular complexity index is 235. The van der Waals surface area contributed by atoms with Crippen LogP contribution >= 0.6 is 0 Å². The van der Waals surface area contributed by atoms with E-state index < -0.39 is 17.3 Å². The van der Waals surface area contributed by atoms with Crippen molar-refractivity contribution in [3.63, 3.8) is 0 Å². The lowest BCUT2D eigenvalue weighted by Gasteiger charge is -2.37. The molecule has 1 N–H and O–H groups in total. The van der Waals surface area contributed by atoms with E-state index in [1.54, 1.807) is 6.92 Å². The van der Waals surface area contributed by atoms with Gasteiger partial charge in [0.1, 0.15) is 5.60 Å². The number of ether oxygens (including phenoxy) is 1. The average molecular weight is 222 g/mol. The molecule has 3 nitrogen and oxygen atoms in total. The Hall–Kier alpha value is -0.550. The summed E-state index contributed by atoms with van der Waals surface area (Å²) in [6, 6.07) is 0. The van der Waals surface area contributed by atoms with Crippen LogP contribution in [0.15, 0.2) is 0 Å². The van der Waals surface area contributed by atoms with Gasteiger partial charge in [0.05, 0.1) is 0 Å². The van der Waals surface area contributed by atoms with Crippen molar-refractivity contribution in [2.45, 2.75) is 44.1 Å². The maximum Gasteiger partial charge on any atom is 0.333 e. The van der Waals surface area contributed by atoms with Gasteiger partial charge in [-0.3, -0.25) is 4.79 Å². The minimum Gasteiger partial charge on any atom is -0.383 e. The van der Waals surface area contributed by atoms with Crippen LogP contribution in [-0.2, 0) is 9.53 Å². The molecule has 0 aromatic rings. The van der Waals surface area contributed by atoms with Crippen LogP contribution in [0.25, 0.3) is 0 Å². The third-order valence-corrected chi connectivity index (χ3v) is 2.73. The van der Waals surface area contributed by atoms with E-state index in [0.29, 0.717) is 6.42 Å². The van der Waals surface area contributed by atoms with E-state index in [9.17, 15) is 18.7 Å². The second-order valence-electron chi connectivity index (χ2n) is 3.89. The van der Waals surface area contributed by atoms with Gasteiger partial charge in [0.25, 0.3) is 0 Å². The fourth-order valence-corrected chi connectivity index (χ4v) is 1.67. The molecule has 1 heterocycles. The van der Waals surface area contributed by atoms with Crippen LogP contribution in [0, 0.1) is 0 Å². The van der Waals surface area contributed by atoms with Gasteiger partial charge >= 0.3 is 5.92 Å². The molecule has 0 spiro atoms. The number of carbonyl (C=O) groups excluding carboxylic acids is 1. The summed E-state index contributed by atoms with van der Waals surface area (Å²) in [7, 11) is 0. The number of rotatable bonds is 4. The largest absolute Gasteiger partial charge is 0.383 e. The van der Waals surface area contributed by atoms with Gasteiger partial charge in [-0.25, -0.2) is 0 Å². The molecule has 0 aromatic heterocycles. The number of hydrogen-bond acceptors (Lipinski definition) is 3. The number of Topliss-reactive ketones (excluding diaryl/α,β-unsaturated/α-hetero) is 1. The highest BCUT2D eigenvalue weighted by Crippen LogP contribution is 2.38. The van der Waals surface area contributed by atoms with Crippen molar-refractivity contribution in [3.05, 3.63) is 0 Å². The molecule has 0 saturated carbocycles. The molecule has 0 atom stereocenters. The summed E-state index contributed by atoms with van der Waals surface area (Å²) in [4.78, 5) is 11.2. The van der Waals surface area contributed by atoms with Crippen molar-refractivity contribution in [1.82, 2.24) is 0 Å². The van der Waals surface area contributed by atoms with Gasteiger partial charge in [0.2, 0.25) is 5.78 Å². The highest BCUT2D eigenvalue weighted by molar-refractivity contribution is 5.87. The van der Waals surface area contributed by atoms with Gasteiger partial charge in [-0.15, -0.1) is 0 Å². The molecular weight excluding hydrogens is 206 g/mol. The first-order chi connectivity index (χ1) is 6.94. The van der Waals surface area contributed by atoms with Gasteiger partial charge in [0.15, 0.2) is 0 Å². The molecule has 5 heteroatoms. The number of alkyl halides is 2. The Kier molecular flexibility index (Phi) is 3.78. The topological polar surface area (TPSA) is 46.5 Å². The summed E-state index contributed by atoms with van der Waals surface area (Å²) in [6.07, 6.45) is -0.206. The molecule has 0 aliphatic carbocycles. The lowest BCUT2D eigenvalue weighted by Crippen LogP contribution is -2.56. The number of hydrogen-bond donors (Lipinski definition) is 1. The molecule has 1 fully saturated rings. The van der Waals surface area contributed by atoms with E-state index in [0.717, 1.165) is 0 Å². The van der Waals surface area contributed by atoms with Crippen molar-refractivity contribution >= 4 is 5.78 Å². The molecule has 1 rings (SSSR count). The number of ketones is 1. The summed E-state index contributed by atoms with van der Waals surface area (Å²) in [5.74, 6) is -4.82. The predicted molar refractivity (Wildman–Crippen MR) is 49.9 cm³/mol. The zero-order valence-corrected chi connectivity index (χ0v) is 8.76.